The molecule has 0 aromatic heterocycles. The Kier molecular flexibility index (Phi) is 3.86. The molecule has 1 atom stereocenters. The second-order valence-corrected chi connectivity index (χ2v) is 4.37. The van der Waals surface area contributed by atoms with Crippen LogP contribution in [0.2, 0.25) is 0 Å². The molecule has 17 heavy (non-hydrogen) atoms. The molecule has 1 aliphatic rings. The smallest absolute Gasteiger partial charge is 0.161 e. The molecule has 1 aromatic rings. The van der Waals surface area contributed by atoms with Crippen molar-refractivity contribution in [1.82, 2.24) is 4.90 Å². The predicted molar refractivity (Wildman–Crippen MR) is 65.4 cm³/mol. The minimum atomic E-state index is -0.171. The Morgan fingerprint density at radius 2 is 2.06 bits per heavy atom. The molecule has 1 fully saturated rings. The van der Waals surface area contributed by atoms with Gasteiger partial charge in [0.1, 0.15) is 0 Å². The highest BCUT2D eigenvalue weighted by Gasteiger charge is 2.20. The van der Waals surface area contributed by atoms with E-state index in [1.165, 1.54) is 5.56 Å². The van der Waals surface area contributed by atoms with E-state index < -0.39 is 0 Å². The van der Waals surface area contributed by atoms with Gasteiger partial charge in [0, 0.05) is 19.6 Å². The van der Waals surface area contributed by atoms with Crippen molar-refractivity contribution < 1.29 is 14.6 Å². The Morgan fingerprint density at radius 1 is 1.29 bits per heavy atom. The van der Waals surface area contributed by atoms with E-state index in [1.807, 2.05) is 18.2 Å². The van der Waals surface area contributed by atoms with Crippen molar-refractivity contribution in [2.45, 2.75) is 19.1 Å². The number of methoxy groups -OCH3 is 2. The number of hydrogen-bond acceptors (Lipinski definition) is 4. The highest BCUT2D eigenvalue weighted by atomic mass is 16.5. The summed E-state index contributed by atoms with van der Waals surface area (Å²) in [5.41, 5.74) is 1.18. The van der Waals surface area contributed by atoms with Crippen molar-refractivity contribution >= 4 is 0 Å². The number of aliphatic hydroxyl groups excluding tert-OH is 1. The van der Waals surface area contributed by atoms with Crippen molar-refractivity contribution in [1.29, 1.82) is 0 Å². The van der Waals surface area contributed by atoms with Gasteiger partial charge in [0.2, 0.25) is 0 Å². The Morgan fingerprint density at radius 3 is 2.65 bits per heavy atom. The van der Waals surface area contributed by atoms with Gasteiger partial charge in [-0.25, -0.2) is 0 Å². The molecular weight excluding hydrogens is 218 g/mol. The number of rotatable bonds is 4. The van der Waals surface area contributed by atoms with Crippen LogP contribution in [0.1, 0.15) is 12.0 Å². The van der Waals surface area contributed by atoms with E-state index in [0.29, 0.717) is 0 Å². The fraction of sp³-hybridized carbons (Fsp3) is 0.538. The molecule has 4 heteroatoms. The largest absolute Gasteiger partial charge is 0.493 e. The van der Waals surface area contributed by atoms with Crippen LogP contribution in [-0.2, 0) is 6.54 Å². The molecule has 0 amide bonds. The molecule has 0 spiro atoms. The zero-order chi connectivity index (χ0) is 12.3. The number of aliphatic hydroxyl groups is 1. The Bertz CT molecular complexity index is 381. The maximum Gasteiger partial charge on any atom is 0.161 e. The molecule has 0 bridgehead atoms. The summed E-state index contributed by atoms with van der Waals surface area (Å²) in [7, 11) is 3.27. The predicted octanol–water partition coefficient (Wildman–Crippen LogP) is 1.27. The van der Waals surface area contributed by atoms with Crippen LogP contribution in [0.3, 0.4) is 0 Å². The molecule has 1 heterocycles. The molecule has 0 aliphatic carbocycles. The van der Waals surface area contributed by atoms with Crippen LogP contribution in [0.5, 0.6) is 11.5 Å². The molecule has 1 aromatic carbocycles. The van der Waals surface area contributed by atoms with Gasteiger partial charge in [-0.15, -0.1) is 0 Å². The molecule has 1 aliphatic heterocycles. The lowest BCUT2D eigenvalue weighted by molar-refractivity contribution is 0.174. The van der Waals surface area contributed by atoms with Crippen molar-refractivity contribution in [3.8, 4) is 11.5 Å². The minimum absolute atomic E-state index is 0.171. The van der Waals surface area contributed by atoms with Crippen LogP contribution < -0.4 is 9.47 Å². The third-order valence-corrected chi connectivity index (χ3v) is 3.10. The van der Waals surface area contributed by atoms with Gasteiger partial charge in [-0.2, -0.15) is 0 Å². The molecule has 0 radical (unpaired) electrons. The van der Waals surface area contributed by atoms with Crippen molar-refractivity contribution in [2.24, 2.45) is 0 Å². The Hall–Kier alpha value is -1.26. The maximum atomic E-state index is 9.47. The maximum absolute atomic E-state index is 9.47. The van der Waals surface area contributed by atoms with Crippen LogP contribution in [0.4, 0.5) is 0 Å². The first kappa shape index (κ1) is 12.2. The lowest BCUT2D eigenvalue weighted by atomic mass is 10.2. The average Bonchev–Trinajstić information content (AvgIpc) is 2.74. The third kappa shape index (κ3) is 2.90. The lowest BCUT2D eigenvalue weighted by Crippen LogP contribution is -2.21. The van der Waals surface area contributed by atoms with Gasteiger partial charge < -0.3 is 14.6 Å². The summed E-state index contributed by atoms with van der Waals surface area (Å²) in [5.74, 6) is 1.50. The van der Waals surface area contributed by atoms with Crippen LogP contribution in [0.15, 0.2) is 18.2 Å². The van der Waals surface area contributed by atoms with Crippen LogP contribution >= 0.6 is 0 Å². The first-order chi connectivity index (χ1) is 8.22. The van der Waals surface area contributed by atoms with E-state index in [4.69, 9.17) is 9.47 Å². The van der Waals surface area contributed by atoms with E-state index in [2.05, 4.69) is 4.90 Å². The molecule has 1 saturated heterocycles. The van der Waals surface area contributed by atoms with E-state index >= 15 is 0 Å². The number of likely N-dealkylation sites (tertiary alicyclic amines) is 1. The summed E-state index contributed by atoms with van der Waals surface area (Å²) in [6.07, 6.45) is 0.697. The summed E-state index contributed by atoms with van der Waals surface area (Å²) in [5, 5.41) is 9.47. The Balaban J connectivity index is 2.06. The van der Waals surface area contributed by atoms with Crippen molar-refractivity contribution in [2.75, 3.05) is 27.3 Å². The summed E-state index contributed by atoms with van der Waals surface area (Å²) < 4.78 is 10.5. The van der Waals surface area contributed by atoms with E-state index in [9.17, 15) is 5.11 Å². The normalized spacial score (nSPS) is 20.5. The zero-order valence-electron chi connectivity index (χ0n) is 10.3. The highest BCUT2D eigenvalue weighted by molar-refractivity contribution is 5.42. The topological polar surface area (TPSA) is 41.9 Å². The van der Waals surface area contributed by atoms with Gasteiger partial charge in [0.25, 0.3) is 0 Å². The number of nitrogens with zero attached hydrogens (tertiary/aromatic N) is 1. The molecule has 0 unspecified atom stereocenters. The average molecular weight is 237 g/mol. The fourth-order valence-corrected chi connectivity index (χ4v) is 2.19. The Labute approximate surface area is 102 Å². The van der Waals surface area contributed by atoms with Gasteiger partial charge in [-0.05, 0) is 24.1 Å². The van der Waals surface area contributed by atoms with Gasteiger partial charge in [0.05, 0.1) is 20.3 Å². The first-order valence-corrected chi connectivity index (χ1v) is 5.84. The summed E-state index contributed by atoms with van der Waals surface area (Å²) in [6.45, 7) is 2.56. The number of hydrogen-bond donors (Lipinski definition) is 1. The van der Waals surface area contributed by atoms with Crippen LogP contribution in [0.25, 0.3) is 0 Å². The van der Waals surface area contributed by atoms with Gasteiger partial charge in [0.15, 0.2) is 11.5 Å². The molecule has 1 N–H and O–H groups in total. The zero-order valence-corrected chi connectivity index (χ0v) is 10.3. The highest BCUT2D eigenvalue weighted by Crippen LogP contribution is 2.28. The minimum Gasteiger partial charge on any atom is -0.493 e. The van der Waals surface area contributed by atoms with E-state index in [-0.39, 0.29) is 6.10 Å². The molecule has 2 rings (SSSR count). The van der Waals surface area contributed by atoms with E-state index in [0.717, 1.165) is 37.6 Å². The second kappa shape index (κ2) is 5.38. The molecule has 4 nitrogen and oxygen atoms in total. The monoisotopic (exact) mass is 237 g/mol. The lowest BCUT2D eigenvalue weighted by Gasteiger charge is -2.16. The second-order valence-electron chi connectivity index (χ2n) is 4.37. The fourth-order valence-electron chi connectivity index (χ4n) is 2.19. The number of benzene rings is 1. The summed E-state index contributed by atoms with van der Waals surface area (Å²) >= 11 is 0. The standard InChI is InChI=1S/C13H19NO3/c1-16-12-4-3-10(7-13(12)17-2)8-14-6-5-11(15)9-14/h3-4,7,11,15H,5-6,8-9H2,1-2H3/t11-/m0/s1. The summed E-state index contributed by atoms with van der Waals surface area (Å²) in [4.78, 5) is 2.24. The first-order valence-electron chi connectivity index (χ1n) is 5.84. The van der Waals surface area contributed by atoms with Crippen LogP contribution in [-0.4, -0.2) is 43.4 Å². The quantitative estimate of drug-likeness (QED) is 0.856. The van der Waals surface area contributed by atoms with Crippen molar-refractivity contribution in [3.63, 3.8) is 0 Å². The van der Waals surface area contributed by atoms with Gasteiger partial charge >= 0.3 is 0 Å². The van der Waals surface area contributed by atoms with Crippen molar-refractivity contribution in [3.05, 3.63) is 23.8 Å². The SMILES string of the molecule is COc1ccc(CN2CC[C@H](O)C2)cc1OC. The molecular formula is C13H19NO3. The third-order valence-electron chi connectivity index (χ3n) is 3.10. The number of ether oxygens (including phenoxy) is 2. The summed E-state index contributed by atoms with van der Waals surface area (Å²) in [6, 6.07) is 5.94. The van der Waals surface area contributed by atoms with E-state index in [1.54, 1.807) is 14.2 Å². The van der Waals surface area contributed by atoms with Crippen LogP contribution in [0, 0.1) is 0 Å². The molecule has 94 valence electrons. The number of β-amino-alcohol motifs (C(OH)–C–C–N with tert-alkyl or cyclic N) is 1. The van der Waals surface area contributed by atoms with Gasteiger partial charge in [-0.1, -0.05) is 6.07 Å². The van der Waals surface area contributed by atoms with Gasteiger partial charge in [-0.3, -0.25) is 4.90 Å². The molecule has 0 saturated carbocycles.